The topological polar surface area (TPSA) is 95.7 Å². The summed E-state index contributed by atoms with van der Waals surface area (Å²) >= 11 is 0. The Kier molecular flexibility index (Phi) is 6.08. The maximum absolute atomic E-state index is 12.9. The van der Waals surface area contributed by atoms with E-state index in [-0.39, 0.29) is 11.9 Å². The van der Waals surface area contributed by atoms with Crippen LogP contribution in [-0.2, 0) is 6.54 Å². The summed E-state index contributed by atoms with van der Waals surface area (Å²) in [7, 11) is 0. The molecule has 3 rings (SSSR count). The third-order valence-electron chi connectivity index (χ3n) is 4.99. The summed E-state index contributed by atoms with van der Waals surface area (Å²) in [4.78, 5) is 25.5. The van der Waals surface area contributed by atoms with Crippen molar-refractivity contribution in [2.45, 2.75) is 38.0 Å². The van der Waals surface area contributed by atoms with Crippen molar-refractivity contribution in [3.63, 3.8) is 0 Å². The lowest BCUT2D eigenvalue weighted by Gasteiger charge is -2.27. The van der Waals surface area contributed by atoms with Crippen molar-refractivity contribution >= 4 is 11.9 Å². The second-order valence-electron chi connectivity index (χ2n) is 6.87. The molecule has 4 N–H and O–H groups in total. The van der Waals surface area contributed by atoms with Gasteiger partial charge in [0.15, 0.2) is 0 Å². The van der Waals surface area contributed by atoms with E-state index in [0.717, 1.165) is 24.0 Å². The SMILES string of the molecule is NC(=O)NCc1ccc(C(=O)N2CCCC2CC(O)c2ccccc2)cc1. The number of aliphatic hydroxyl groups excluding tert-OH is 1. The van der Waals surface area contributed by atoms with Crippen molar-refractivity contribution in [2.75, 3.05) is 6.54 Å². The molecule has 1 saturated heterocycles. The van der Waals surface area contributed by atoms with Crippen LogP contribution in [0.1, 0.15) is 46.9 Å². The van der Waals surface area contributed by atoms with Gasteiger partial charge in [0.1, 0.15) is 0 Å². The van der Waals surface area contributed by atoms with Crippen molar-refractivity contribution in [2.24, 2.45) is 5.73 Å². The molecule has 0 aromatic heterocycles. The Morgan fingerprint density at radius 2 is 1.85 bits per heavy atom. The summed E-state index contributed by atoms with van der Waals surface area (Å²) in [6.45, 7) is 1.04. The number of primary amides is 1. The molecule has 3 amide bonds. The standard InChI is InChI=1S/C21H25N3O3/c22-21(27)23-14-15-8-10-17(11-9-15)20(26)24-12-4-7-18(24)13-19(25)16-5-2-1-3-6-16/h1-3,5-6,8-11,18-19,25H,4,7,12-14H2,(H3,22,23,27). The molecule has 0 aliphatic carbocycles. The highest BCUT2D eigenvalue weighted by atomic mass is 16.3. The van der Waals surface area contributed by atoms with Gasteiger partial charge in [-0.1, -0.05) is 42.5 Å². The van der Waals surface area contributed by atoms with Crippen LogP contribution >= 0.6 is 0 Å². The van der Waals surface area contributed by atoms with Gasteiger partial charge in [-0.15, -0.1) is 0 Å². The van der Waals surface area contributed by atoms with E-state index in [9.17, 15) is 14.7 Å². The van der Waals surface area contributed by atoms with Crippen LogP contribution in [-0.4, -0.2) is 34.5 Å². The maximum Gasteiger partial charge on any atom is 0.312 e. The third kappa shape index (κ3) is 4.86. The van der Waals surface area contributed by atoms with E-state index in [1.807, 2.05) is 47.4 Å². The van der Waals surface area contributed by atoms with E-state index in [1.165, 1.54) is 0 Å². The van der Waals surface area contributed by atoms with Crippen LogP contribution in [0.4, 0.5) is 4.79 Å². The molecule has 1 heterocycles. The van der Waals surface area contributed by atoms with Crippen LogP contribution < -0.4 is 11.1 Å². The number of hydrogen-bond donors (Lipinski definition) is 3. The summed E-state index contributed by atoms with van der Waals surface area (Å²) in [5, 5.41) is 13.0. The van der Waals surface area contributed by atoms with E-state index in [1.54, 1.807) is 12.1 Å². The lowest BCUT2D eigenvalue weighted by atomic mass is 10.00. The number of rotatable bonds is 6. The van der Waals surface area contributed by atoms with Crippen LogP contribution in [0.2, 0.25) is 0 Å². The fourth-order valence-electron chi connectivity index (χ4n) is 3.54. The Labute approximate surface area is 159 Å². The first-order chi connectivity index (χ1) is 13.0. The van der Waals surface area contributed by atoms with Gasteiger partial charge in [0.25, 0.3) is 5.91 Å². The fourth-order valence-corrected chi connectivity index (χ4v) is 3.54. The van der Waals surface area contributed by atoms with Gasteiger partial charge < -0.3 is 21.1 Å². The van der Waals surface area contributed by atoms with E-state index >= 15 is 0 Å². The van der Waals surface area contributed by atoms with E-state index in [0.29, 0.717) is 25.1 Å². The van der Waals surface area contributed by atoms with E-state index < -0.39 is 12.1 Å². The van der Waals surface area contributed by atoms with Gasteiger partial charge >= 0.3 is 6.03 Å². The van der Waals surface area contributed by atoms with Gasteiger partial charge in [-0.2, -0.15) is 0 Å². The predicted molar refractivity (Wildman–Crippen MR) is 103 cm³/mol. The smallest absolute Gasteiger partial charge is 0.312 e. The molecule has 2 atom stereocenters. The van der Waals surface area contributed by atoms with E-state index in [4.69, 9.17) is 5.73 Å². The lowest BCUT2D eigenvalue weighted by Crippen LogP contribution is -2.36. The number of amides is 3. The molecule has 27 heavy (non-hydrogen) atoms. The number of aliphatic hydroxyl groups is 1. The monoisotopic (exact) mass is 367 g/mol. The zero-order chi connectivity index (χ0) is 19.2. The summed E-state index contributed by atoms with van der Waals surface area (Å²) in [5.41, 5.74) is 7.43. The zero-order valence-corrected chi connectivity index (χ0v) is 15.2. The number of carbonyl (C=O) groups is 2. The summed E-state index contributed by atoms with van der Waals surface area (Å²) in [5.74, 6) is -0.0211. The summed E-state index contributed by atoms with van der Waals surface area (Å²) in [6, 6.07) is 16.2. The molecule has 0 radical (unpaired) electrons. The second-order valence-corrected chi connectivity index (χ2v) is 6.87. The van der Waals surface area contributed by atoms with Crippen molar-refractivity contribution in [3.8, 4) is 0 Å². The second kappa shape index (κ2) is 8.68. The number of nitrogens with two attached hydrogens (primary N) is 1. The van der Waals surface area contributed by atoms with E-state index in [2.05, 4.69) is 5.32 Å². The van der Waals surface area contributed by atoms with Crippen LogP contribution in [0.15, 0.2) is 54.6 Å². The highest BCUT2D eigenvalue weighted by Crippen LogP contribution is 2.28. The molecular weight excluding hydrogens is 342 g/mol. The van der Waals surface area contributed by atoms with Crippen LogP contribution in [0, 0.1) is 0 Å². The average molecular weight is 367 g/mol. The van der Waals surface area contributed by atoms with Gasteiger partial charge in [0.05, 0.1) is 6.10 Å². The zero-order valence-electron chi connectivity index (χ0n) is 15.2. The molecule has 6 heteroatoms. The van der Waals surface area contributed by atoms with Gasteiger partial charge in [0, 0.05) is 24.7 Å². The Morgan fingerprint density at radius 1 is 1.15 bits per heavy atom. The number of urea groups is 1. The number of nitrogens with one attached hydrogen (secondary N) is 1. The van der Waals surface area contributed by atoms with Gasteiger partial charge in [-0.25, -0.2) is 4.79 Å². The molecule has 1 aliphatic rings. The minimum Gasteiger partial charge on any atom is -0.388 e. The molecule has 1 fully saturated rings. The first-order valence-corrected chi connectivity index (χ1v) is 9.21. The quantitative estimate of drug-likeness (QED) is 0.732. The number of likely N-dealkylation sites (tertiary alicyclic amines) is 1. The normalized spacial score (nSPS) is 17.5. The van der Waals surface area contributed by atoms with Crippen LogP contribution in [0.3, 0.4) is 0 Å². The Hall–Kier alpha value is -2.86. The summed E-state index contributed by atoms with van der Waals surface area (Å²) in [6.07, 6.45) is 1.80. The Morgan fingerprint density at radius 3 is 2.52 bits per heavy atom. The minimum absolute atomic E-state index is 0.0211. The Bertz CT molecular complexity index is 777. The van der Waals surface area contributed by atoms with Crippen molar-refractivity contribution in [1.29, 1.82) is 0 Å². The van der Waals surface area contributed by atoms with Crippen molar-refractivity contribution in [1.82, 2.24) is 10.2 Å². The third-order valence-corrected chi connectivity index (χ3v) is 4.99. The molecule has 1 aliphatic heterocycles. The minimum atomic E-state index is -0.577. The van der Waals surface area contributed by atoms with Crippen molar-refractivity contribution in [3.05, 3.63) is 71.3 Å². The first kappa shape index (κ1) is 18.9. The predicted octanol–water partition coefficient (Wildman–Crippen LogP) is 2.58. The molecule has 2 aromatic carbocycles. The maximum atomic E-state index is 12.9. The molecular formula is C21H25N3O3. The van der Waals surface area contributed by atoms with Crippen molar-refractivity contribution < 1.29 is 14.7 Å². The van der Waals surface area contributed by atoms with Crippen LogP contribution in [0.25, 0.3) is 0 Å². The van der Waals surface area contributed by atoms with Gasteiger partial charge in [-0.3, -0.25) is 4.79 Å². The molecule has 2 aromatic rings. The lowest BCUT2D eigenvalue weighted by molar-refractivity contribution is 0.0667. The fraction of sp³-hybridized carbons (Fsp3) is 0.333. The largest absolute Gasteiger partial charge is 0.388 e. The van der Waals surface area contributed by atoms with Gasteiger partial charge in [0.2, 0.25) is 0 Å². The van der Waals surface area contributed by atoms with Gasteiger partial charge in [-0.05, 0) is 42.5 Å². The highest BCUT2D eigenvalue weighted by Gasteiger charge is 2.31. The Balaban J connectivity index is 1.63. The molecule has 0 bridgehead atoms. The number of benzene rings is 2. The van der Waals surface area contributed by atoms with Crippen LogP contribution in [0.5, 0.6) is 0 Å². The average Bonchev–Trinajstić information content (AvgIpc) is 3.15. The number of nitrogens with zero attached hydrogens (tertiary/aromatic N) is 1. The molecule has 2 unspecified atom stereocenters. The molecule has 0 spiro atoms. The molecule has 6 nitrogen and oxygen atoms in total. The summed E-state index contributed by atoms with van der Waals surface area (Å²) < 4.78 is 0. The molecule has 0 saturated carbocycles. The highest BCUT2D eigenvalue weighted by molar-refractivity contribution is 5.94. The molecule has 142 valence electrons. The number of carbonyl (C=O) groups excluding carboxylic acids is 2. The number of hydrogen-bond acceptors (Lipinski definition) is 3. The first-order valence-electron chi connectivity index (χ1n) is 9.21.